The number of carbonyl (C=O) groups is 1. The molecule has 22 heavy (non-hydrogen) atoms. The molecule has 2 atom stereocenters. The standard InChI is InChI=1S/C19H36O3/c1-3-4-5-6-7-8-9-12-17-13-10-14-18(22-17)15-11-16-19(20)21-2/h17-18H,3-16H2,1-2H3. The molecule has 1 aliphatic rings. The average Bonchev–Trinajstić information content (AvgIpc) is 2.54. The SMILES string of the molecule is CCCCCCCCCC1CCCC(CCCC(=O)OC)O1. The molecule has 0 spiro atoms. The van der Waals surface area contributed by atoms with Gasteiger partial charge in [0.05, 0.1) is 19.3 Å². The van der Waals surface area contributed by atoms with Crippen molar-refractivity contribution in [2.75, 3.05) is 7.11 Å². The Morgan fingerprint density at radius 1 is 0.955 bits per heavy atom. The van der Waals surface area contributed by atoms with Crippen LogP contribution < -0.4 is 0 Å². The van der Waals surface area contributed by atoms with Crippen molar-refractivity contribution in [3.05, 3.63) is 0 Å². The first kappa shape index (κ1) is 19.5. The second-order valence-electron chi connectivity index (χ2n) is 6.69. The summed E-state index contributed by atoms with van der Waals surface area (Å²) in [5, 5.41) is 0. The Morgan fingerprint density at radius 2 is 1.55 bits per heavy atom. The summed E-state index contributed by atoms with van der Waals surface area (Å²) in [5.74, 6) is -0.101. The van der Waals surface area contributed by atoms with E-state index in [-0.39, 0.29) is 5.97 Å². The normalized spacial score (nSPS) is 21.7. The molecule has 0 radical (unpaired) electrons. The summed E-state index contributed by atoms with van der Waals surface area (Å²) < 4.78 is 10.9. The number of rotatable bonds is 12. The van der Waals surface area contributed by atoms with Crippen LogP contribution in [-0.4, -0.2) is 25.3 Å². The van der Waals surface area contributed by atoms with Gasteiger partial charge in [-0.25, -0.2) is 0 Å². The van der Waals surface area contributed by atoms with Gasteiger partial charge in [0, 0.05) is 6.42 Å². The van der Waals surface area contributed by atoms with E-state index in [4.69, 9.17) is 4.74 Å². The zero-order valence-electron chi connectivity index (χ0n) is 14.8. The average molecular weight is 312 g/mol. The van der Waals surface area contributed by atoms with E-state index in [0.717, 1.165) is 19.3 Å². The van der Waals surface area contributed by atoms with Gasteiger partial charge in [0.15, 0.2) is 0 Å². The van der Waals surface area contributed by atoms with Crippen LogP contribution in [0, 0.1) is 0 Å². The first-order valence-corrected chi connectivity index (χ1v) is 9.48. The van der Waals surface area contributed by atoms with Gasteiger partial charge in [-0.15, -0.1) is 0 Å². The number of carbonyl (C=O) groups excluding carboxylic acids is 1. The van der Waals surface area contributed by atoms with Gasteiger partial charge in [-0.3, -0.25) is 4.79 Å². The topological polar surface area (TPSA) is 35.5 Å². The summed E-state index contributed by atoms with van der Waals surface area (Å²) in [6.45, 7) is 2.27. The van der Waals surface area contributed by atoms with Crippen LogP contribution >= 0.6 is 0 Å². The highest BCUT2D eigenvalue weighted by Gasteiger charge is 2.21. The third-order valence-corrected chi connectivity index (χ3v) is 4.70. The van der Waals surface area contributed by atoms with E-state index >= 15 is 0 Å². The quantitative estimate of drug-likeness (QED) is 0.357. The Labute approximate surface area is 137 Å². The maximum atomic E-state index is 11.1. The van der Waals surface area contributed by atoms with E-state index in [1.54, 1.807) is 0 Å². The molecule has 0 bridgehead atoms. The van der Waals surface area contributed by atoms with E-state index in [0.29, 0.717) is 18.6 Å². The van der Waals surface area contributed by atoms with Crippen molar-refractivity contribution in [2.45, 2.75) is 109 Å². The molecular formula is C19H36O3. The number of hydrogen-bond donors (Lipinski definition) is 0. The summed E-state index contributed by atoms with van der Waals surface area (Å²) in [7, 11) is 1.46. The molecule has 1 fully saturated rings. The fourth-order valence-corrected chi connectivity index (χ4v) is 3.31. The van der Waals surface area contributed by atoms with Crippen LogP contribution in [-0.2, 0) is 14.3 Å². The highest BCUT2D eigenvalue weighted by atomic mass is 16.5. The van der Waals surface area contributed by atoms with Gasteiger partial charge in [-0.05, 0) is 38.5 Å². The second-order valence-corrected chi connectivity index (χ2v) is 6.69. The lowest BCUT2D eigenvalue weighted by Crippen LogP contribution is -2.27. The van der Waals surface area contributed by atoms with Crippen molar-refractivity contribution < 1.29 is 14.3 Å². The van der Waals surface area contributed by atoms with Crippen LogP contribution in [0.25, 0.3) is 0 Å². The monoisotopic (exact) mass is 312 g/mol. The zero-order chi connectivity index (χ0) is 16.0. The molecule has 0 amide bonds. The number of ether oxygens (including phenoxy) is 2. The molecule has 0 aromatic rings. The van der Waals surface area contributed by atoms with Crippen LogP contribution in [0.1, 0.15) is 96.8 Å². The lowest BCUT2D eigenvalue weighted by molar-refractivity contribution is -0.141. The Morgan fingerprint density at radius 3 is 2.18 bits per heavy atom. The van der Waals surface area contributed by atoms with E-state index in [1.165, 1.54) is 71.3 Å². The molecule has 0 N–H and O–H groups in total. The number of esters is 1. The Bertz CT molecular complexity index is 278. The lowest BCUT2D eigenvalue weighted by atomic mass is 9.97. The van der Waals surface area contributed by atoms with E-state index in [9.17, 15) is 4.79 Å². The Kier molecular flexibility index (Phi) is 11.4. The zero-order valence-corrected chi connectivity index (χ0v) is 14.8. The van der Waals surface area contributed by atoms with Crippen molar-refractivity contribution in [3.8, 4) is 0 Å². The van der Waals surface area contributed by atoms with Gasteiger partial charge >= 0.3 is 5.97 Å². The first-order chi connectivity index (χ1) is 10.8. The van der Waals surface area contributed by atoms with E-state index in [1.807, 2.05) is 0 Å². The fraction of sp³-hybridized carbons (Fsp3) is 0.947. The molecule has 0 aromatic carbocycles. The summed E-state index contributed by atoms with van der Waals surface area (Å²) in [4.78, 5) is 11.1. The fourth-order valence-electron chi connectivity index (χ4n) is 3.31. The van der Waals surface area contributed by atoms with Crippen molar-refractivity contribution in [1.29, 1.82) is 0 Å². The molecule has 130 valence electrons. The maximum Gasteiger partial charge on any atom is 0.305 e. The van der Waals surface area contributed by atoms with Crippen molar-refractivity contribution in [3.63, 3.8) is 0 Å². The summed E-state index contributed by atoms with van der Waals surface area (Å²) >= 11 is 0. The molecule has 1 aliphatic heterocycles. The highest BCUT2D eigenvalue weighted by Crippen LogP contribution is 2.26. The molecule has 0 saturated carbocycles. The van der Waals surface area contributed by atoms with Gasteiger partial charge in [0.2, 0.25) is 0 Å². The van der Waals surface area contributed by atoms with Gasteiger partial charge in [-0.2, -0.15) is 0 Å². The van der Waals surface area contributed by atoms with Crippen molar-refractivity contribution in [1.82, 2.24) is 0 Å². The molecule has 1 saturated heterocycles. The Hall–Kier alpha value is -0.570. The minimum atomic E-state index is -0.101. The molecule has 2 unspecified atom stereocenters. The predicted octanol–water partition coefficient (Wildman–Crippen LogP) is 5.41. The maximum absolute atomic E-state index is 11.1. The van der Waals surface area contributed by atoms with E-state index in [2.05, 4.69) is 11.7 Å². The van der Waals surface area contributed by atoms with Crippen LogP contribution in [0.4, 0.5) is 0 Å². The smallest absolute Gasteiger partial charge is 0.305 e. The predicted molar refractivity (Wildman–Crippen MR) is 91.0 cm³/mol. The minimum absolute atomic E-state index is 0.101. The van der Waals surface area contributed by atoms with Crippen LogP contribution in [0.15, 0.2) is 0 Å². The number of methoxy groups -OCH3 is 1. The summed E-state index contributed by atoms with van der Waals surface area (Å²) in [6, 6.07) is 0. The van der Waals surface area contributed by atoms with Gasteiger partial charge < -0.3 is 9.47 Å². The Balaban J connectivity index is 2.01. The van der Waals surface area contributed by atoms with E-state index < -0.39 is 0 Å². The van der Waals surface area contributed by atoms with Crippen molar-refractivity contribution in [2.24, 2.45) is 0 Å². The molecule has 1 rings (SSSR count). The number of unbranched alkanes of at least 4 members (excludes halogenated alkanes) is 6. The summed E-state index contributed by atoms with van der Waals surface area (Å²) in [6.07, 6.45) is 17.7. The molecule has 0 aliphatic carbocycles. The van der Waals surface area contributed by atoms with Gasteiger partial charge in [0.1, 0.15) is 0 Å². The molecule has 1 heterocycles. The third kappa shape index (κ3) is 9.45. The minimum Gasteiger partial charge on any atom is -0.469 e. The second kappa shape index (κ2) is 12.9. The van der Waals surface area contributed by atoms with Gasteiger partial charge in [0.25, 0.3) is 0 Å². The third-order valence-electron chi connectivity index (χ3n) is 4.70. The largest absolute Gasteiger partial charge is 0.469 e. The lowest BCUT2D eigenvalue weighted by Gasteiger charge is -2.30. The van der Waals surface area contributed by atoms with Crippen LogP contribution in [0.2, 0.25) is 0 Å². The highest BCUT2D eigenvalue weighted by molar-refractivity contribution is 5.68. The van der Waals surface area contributed by atoms with Crippen LogP contribution in [0.5, 0.6) is 0 Å². The molecule has 0 aromatic heterocycles. The molecular weight excluding hydrogens is 276 g/mol. The molecule has 3 nitrogen and oxygen atoms in total. The number of hydrogen-bond acceptors (Lipinski definition) is 3. The van der Waals surface area contributed by atoms with Crippen LogP contribution in [0.3, 0.4) is 0 Å². The summed E-state index contributed by atoms with van der Waals surface area (Å²) in [5.41, 5.74) is 0. The first-order valence-electron chi connectivity index (χ1n) is 9.48. The van der Waals surface area contributed by atoms with Gasteiger partial charge in [-0.1, -0.05) is 51.9 Å². The molecule has 3 heteroatoms. The van der Waals surface area contributed by atoms with Crippen molar-refractivity contribution >= 4 is 5.97 Å².